The number of aromatic nitrogens is 1. The summed E-state index contributed by atoms with van der Waals surface area (Å²) in [4.78, 5) is 4.83. The van der Waals surface area contributed by atoms with E-state index >= 15 is 0 Å². The summed E-state index contributed by atoms with van der Waals surface area (Å²) in [5.41, 5.74) is 3.68. The second-order valence-electron chi connectivity index (χ2n) is 5.38. The van der Waals surface area contributed by atoms with Gasteiger partial charge in [0.2, 0.25) is 0 Å². The first-order chi connectivity index (χ1) is 8.78. The van der Waals surface area contributed by atoms with Gasteiger partial charge in [-0.05, 0) is 50.4 Å². The summed E-state index contributed by atoms with van der Waals surface area (Å²) in [6.45, 7) is 2.17. The van der Waals surface area contributed by atoms with Gasteiger partial charge in [-0.15, -0.1) is 0 Å². The zero-order valence-electron chi connectivity index (χ0n) is 11.1. The van der Waals surface area contributed by atoms with Crippen LogP contribution in [-0.2, 0) is 6.42 Å². The SMILES string of the molecule is CNC(Cc1nc2ccccc2cc1C)C1CC1. The maximum atomic E-state index is 4.83. The third-order valence-electron chi connectivity index (χ3n) is 3.99. The third-order valence-corrected chi connectivity index (χ3v) is 3.99. The van der Waals surface area contributed by atoms with Gasteiger partial charge in [-0.1, -0.05) is 18.2 Å². The van der Waals surface area contributed by atoms with Crippen molar-refractivity contribution in [3.8, 4) is 0 Å². The fourth-order valence-corrected chi connectivity index (χ4v) is 2.68. The van der Waals surface area contributed by atoms with Crippen LogP contribution in [0.4, 0.5) is 0 Å². The highest BCUT2D eigenvalue weighted by Crippen LogP contribution is 2.34. The molecule has 2 aromatic rings. The summed E-state index contributed by atoms with van der Waals surface area (Å²) in [5.74, 6) is 0.864. The molecule has 0 radical (unpaired) electrons. The monoisotopic (exact) mass is 240 g/mol. The predicted molar refractivity (Wildman–Crippen MR) is 75.8 cm³/mol. The number of rotatable bonds is 4. The molecule has 0 saturated heterocycles. The Balaban J connectivity index is 1.92. The Labute approximate surface area is 108 Å². The summed E-state index contributed by atoms with van der Waals surface area (Å²) >= 11 is 0. The molecule has 3 rings (SSSR count). The lowest BCUT2D eigenvalue weighted by molar-refractivity contribution is 0.495. The van der Waals surface area contributed by atoms with Crippen molar-refractivity contribution in [2.45, 2.75) is 32.2 Å². The van der Waals surface area contributed by atoms with Crippen LogP contribution in [0.3, 0.4) is 0 Å². The molecule has 2 heteroatoms. The molecule has 1 aliphatic rings. The quantitative estimate of drug-likeness (QED) is 0.888. The molecule has 94 valence electrons. The zero-order chi connectivity index (χ0) is 12.5. The zero-order valence-corrected chi connectivity index (χ0v) is 11.1. The van der Waals surface area contributed by atoms with Crippen LogP contribution in [0.1, 0.15) is 24.1 Å². The number of pyridine rings is 1. The number of benzene rings is 1. The summed E-state index contributed by atoms with van der Waals surface area (Å²) < 4.78 is 0. The van der Waals surface area contributed by atoms with Crippen LogP contribution in [0, 0.1) is 12.8 Å². The van der Waals surface area contributed by atoms with Crippen molar-refractivity contribution in [1.82, 2.24) is 10.3 Å². The maximum absolute atomic E-state index is 4.83. The van der Waals surface area contributed by atoms with E-state index in [2.05, 4.69) is 49.6 Å². The van der Waals surface area contributed by atoms with E-state index in [4.69, 9.17) is 4.98 Å². The van der Waals surface area contributed by atoms with Crippen LogP contribution in [0.25, 0.3) is 10.9 Å². The molecule has 1 fully saturated rings. The molecule has 1 aromatic carbocycles. The molecule has 1 heterocycles. The molecule has 1 saturated carbocycles. The molecular weight excluding hydrogens is 220 g/mol. The topological polar surface area (TPSA) is 24.9 Å². The van der Waals surface area contributed by atoms with Crippen molar-refractivity contribution >= 4 is 10.9 Å². The highest BCUT2D eigenvalue weighted by molar-refractivity contribution is 5.79. The molecule has 0 amide bonds. The van der Waals surface area contributed by atoms with Gasteiger partial charge in [-0.3, -0.25) is 4.98 Å². The first kappa shape index (κ1) is 11.7. The molecule has 0 spiro atoms. The van der Waals surface area contributed by atoms with E-state index < -0.39 is 0 Å². The van der Waals surface area contributed by atoms with Crippen molar-refractivity contribution in [1.29, 1.82) is 0 Å². The fraction of sp³-hybridized carbons (Fsp3) is 0.438. The summed E-state index contributed by atoms with van der Waals surface area (Å²) in [6.07, 6.45) is 3.80. The smallest absolute Gasteiger partial charge is 0.0705 e. The Morgan fingerprint density at radius 3 is 2.83 bits per heavy atom. The summed E-state index contributed by atoms with van der Waals surface area (Å²) in [7, 11) is 2.07. The molecule has 1 atom stereocenters. The summed E-state index contributed by atoms with van der Waals surface area (Å²) in [6, 6.07) is 11.2. The minimum absolute atomic E-state index is 0.595. The van der Waals surface area contributed by atoms with Gasteiger partial charge in [0.05, 0.1) is 5.52 Å². The molecule has 18 heavy (non-hydrogen) atoms. The second kappa shape index (κ2) is 4.69. The molecular formula is C16H20N2. The van der Waals surface area contributed by atoms with E-state index in [1.165, 1.54) is 29.5 Å². The largest absolute Gasteiger partial charge is 0.316 e. The Morgan fingerprint density at radius 1 is 1.33 bits per heavy atom. The first-order valence-corrected chi connectivity index (χ1v) is 6.80. The Morgan fingerprint density at radius 2 is 2.11 bits per heavy atom. The van der Waals surface area contributed by atoms with E-state index in [1.54, 1.807) is 0 Å². The van der Waals surface area contributed by atoms with Crippen LogP contribution in [-0.4, -0.2) is 18.1 Å². The Bertz CT molecular complexity index is 558. The van der Waals surface area contributed by atoms with Gasteiger partial charge in [-0.25, -0.2) is 0 Å². The Hall–Kier alpha value is -1.41. The average Bonchev–Trinajstić information content (AvgIpc) is 3.20. The van der Waals surface area contributed by atoms with E-state index in [0.717, 1.165) is 17.9 Å². The molecule has 1 aliphatic carbocycles. The second-order valence-corrected chi connectivity index (χ2v) is 5.38. The van der Waals surface area contributed by atoms with Crippen LogP contribution in [0.5, 0.6) is 0 Å². The lowest BCUT2D eigenvalue weighted by Crippen LogP contribution is -2.30. The normalized spacial score (nSPS) is 17.0. The molecule has 1 aromatic heterocycles. The maximum Gasteiger partial charge on any atom is 0.0705 e. The number of aryl methyl sites for hydroxylation is 1. The fourth-order valence-electron chi connectivity index (χ4n) is 2.68. The number of hydrogen-bond acceptors (Lipinski definition) is 2. The number of hydrogen-bond donors (Lipinski definition) is 1. The average molecular weight is 240 g/mol. The standard InChI is InChI=1S/C16H20N2/c1-11-9-13-5-3-4-6-14(13)18-15(11)10-16(17-2)12-7-8-12/h3-6,9,12,16-17H,7-8,10H2,1-2H3. The van der Waals surface area contributed by atoms with Crippen LogP contribution < -0.4 is 5.32 Å². The van der Waals surface area contributed by atoms with Gasteiger partial charge >= 0.3 is 0 Å². The van der Waals surface area contributed by atoms with Crippen molar-refractivity contribution < 1.29 is 0 Å². The summed E-state index contributed by atoms with van der Waals surface area (Å²) in [5, 5.41) is 4.69. The number of likely N-dealkylation sites (N-methyl/N-ethyl adjacent to an activating group) is 1. The third kappa shape index (κ3) is 2.25. The highest BCUT2D eigenvalue weighted by atomic mass is 14.9. The number of fused-ring (bicyclic) bond motifs is 1. The van der Waals surface area contributed by atoms with E-state index in [0.29, 0.717) is 6.04 Å². The van der Waals surface area contributed by atoms with Gasteiger partial charge in [0.15, 0.2) is 0 Å². The lowest BCUT2D eigenvalue weighted by Gasteiger charge is -2.16. The molecule has 0 aliphatic heterocycles. The van der Waals surface area contributed by atoms with Gasteiger partial charge in [-0.2, -0.15) is 0 Å². The molecule has 1 N–H and O–H groups in total. The van der Waals surface area contributed by atoms with Gasteiger partial charge in [0.25, 0.3) is 0 Å². The van der Waals surface area contributed by atoms with Gasteiger partial charge in [0, 0.05) is 23.5 Å². The Kier molecular flexibility index (Phi) is 3.04. The van der Waals surface area contributed by atoms with Crippen molar-refractivity contribution in [3.05, 3.63) is 41.6 Å². The molecule has 0 bridgehead atoms. The van der Waals surface area contributed by atoms with Crippen molar-refractivity contribution in [2.24, 2.45) is 5.92 Å². The molecule has 1 unspecified atom stereocenters. The number of nitrogens with one attached hydrogen (secondary N) is 1. The van der Waals surface area contributed by atoms with Crippen LogP contribution in [0.15, 0.2) is 30.3 Å². The van der Waals surface area contributed by atoms with Crippen LogP contribution >= 0.6 is 0 Å². The minimum atomic E-state index is 0.595. The molecule has 2 nitrogen and oxygen atoms in total. The van der Waals surface area contributed by atoms with E-state index in [-0.39, 0.29) is 0 Å². The number of para-hydroxylation sites is 1. The van der Waals surface area contributed by atoms with Gasteiger partial charge < -0.3 is 5.32 Å². The highest BCUT2D eigenvalue weighted by Gasteiger charge is 2.30. The lowest BCUT2D eigenvalue weighted by atomic mass is 10.0. The van der Waals surface area contributed by atoms with Gasteiger partial charge in [0.1, 0.15) is 0 Å². The van der Waals surface area contributed by atoms with Crippen LogP contribution in [0.2, 0.25) is 0 Å². The van der Waals surface area contributed by atoms with Crippen molar-refractivity contribution in [2.75, 3.05) is 7.05 Å². The number of nitrogens with zero attached hydrogens (tertiary/aromatic N) is 1. The van der Waals surface area contributed by atoms with E-state index in [9.17, 15) is 0 Å². The van der Waals surface area contributed by atoms with E-state index in [1.807, 2.05) is 0 Å². The van der Waals surface area contributed by atoms with Crippen molar-refractivity contribution in [3.63, 3.8) is 0 Å². The minimum Gasteiger partial charge on any atom is -0.316 e. The predicted octanol–water partition coefficient (Wildman–Crippen LogP) is 3.08. The first-order valence-electron chi connectivity index (χ1n) is 6.80.